The first-order valence-electron chi connectivity index (χ1n) is 10.7. The number of carbonyl (C=O) groups excluding carboxylic acids is 1. The first-order valence-corrected chi connectivity index (χ1v) is 12.2. The molecule has 9 nitrogen and oxygen atoms in total. The first kappa shape index (κ1) is 26.6. The highest BCUT2D eigenvalue weighted by Crippen LogP contribution is 2.27. The zero-order valence-electron chi connectivity index (χ0n) is 19.7. The van der Waals surface area contributed by atoms with E-state index in [1.165, 1.54) is 36.4 Å². The summed E-state index contributed by atoms with van der Waals surface area (Å²) in [7, 11) is -4.00. The van der Waals surface area contributed by atoms with E-state index in [1.807, 2.05) is 0 Å². The quantitative estimate of drug-likeness (QED) is 0.237. The van der Waals surface area contributed by atoms with Crippen LogP contribution in [-0.2, 0) is 16.6 Å². The Bertz CT molecular complexity index is 1580. The minimum absolute atomic E-state index is 0.0463. The fourth-order valence-corrected chi connectivity index (χ4v) is 4.20. The van der Waals surface area contributed by atoms with Crippen LogP contribution in [0.5, 0.6) is 5.75 Å². The number of halogens is 4. The van der Waals surface area contributed by atoms with E-state index in [4.69, 9.17) is 9.15 Å². The van der Waals surface area contributed by atoms with Crippen molar-refractivity contribution in [3.63, 3.8) is 0 Å². The van der Waals surface area contributed by atoms with E-state index in [0.717, 1.165) is 0 Å². The second-order valence-corrected chi connectivity index (χ2v) is 9.59. The highest BCUT2D eigenvalue weighted by Gasteiger charge is 2.22. The molecule has 0 fully saturated rings. The Kier molecular flexibility index (Phi) is 7.35. The van der Waals surface area contributed by atoms with Crippen molar-refractivity contribution in [2.24, 2.45) is 0 Å². The standard InChI is InChI=1S/C24H18F4N4O5S/c1-12-9-13(2)30-24(29-12)32-38(34,35)16-6-3-14(4-7-16)31-23(33)19-8-5-15(37-19)11-36-22-20(27)17(25)10-18(26)21(22)28/h3-10H,11H2,1-2H3,(H,31,33)(H,29,30,32). The summed E-state index contributed by atoms with van der Waals surface area (Å²) in [5.41, 5.74) is 1.40. The van der Waals surface area contributed by atoms with E-state index < -0.39 is 51.6 Å². The molecule has 2 N–H and O–H groups in total. The molecule has 14 heteroatoms. The number of amides is 1. The van der Waals surface area contributed by atoms with Gasteiger partial charge < -0.3 is 14.5 Å². The van der Waals surface area contributed by atoms with Gasteiger partial charge in [0.15, 0.2) is 23.1 Å². The molecule has 0 saturated heterocycles. The van der Waals surface area contributed by atoms with Crippen molar-refractivity contribution in [2.75, 3.05) is 10.0 Å². The number of ether oxygens (including phenoxy) is 1. The van der Waals surface area contributed by atoms with Crippen LogP contribution in [-0.4, -0.2) is 24.3 Å². The first-order chi connectivity index (χ1) is 17.9. The molecule has 0 spiro atoms. The number of aromatic nitrogens is 2. The number of nitrogens with zero attached hydrogens (tertiary/aromatic N) is 2. The summed E-state index contributed by atoms with van der Waals surface area (Å²) in [5.74, 6) is -9.06. The molecule has 38 heavy (non-hydrogen) atoms. The molecule has 0 unspecified atom stereocenters. The van der Waals surface area contributed by atoms with Gasteiger partial charge in [0.2, 0.25) is 17.6 Å². The Labute approximate surface area is 213 Å². The van der Waals surface area contributed by atoms with Gasteiger partial charge in [-0.1, -0.05) is 0 Å². The largest absolute Gasteiger partial charge is 0.479 e. The average molecular weight is 550 g/mol. The summed E-state index contributed by atoms with van der Waals surface area (Å²) >= 11 is 0. The highest BCUT2D eigenvalue weighted by atomic mass is 32.2. The van der Waals surface area contributed by atoms with E-state index in [2.05, 4.69) is 20.0 Å². The number of anilines is 2. The van der Waals surface area contributed by atoms with Crippen LogP contribution in [0.3, 0.4) is 0 Å². The van der Waals surface area contributed by atoms with Crippen molar-refractivity contribution < 1.29 is 39.9 Å². The molecule has 0 saturated carbocycles. The Hall–Kier alpha value is -4.46. The van der Waals surface area contributed by atoms with E-state index in [0.29, 0.717) is 11.4 Å². The number of furan rings is 1. The fourth-order valence-electron chi connectivity index (χ4n) is 3.26. The van der Waals surface area contributed by atoms with Crippen molar-refractivity contribution in [1.82, 2.24) is 9.97 Å². The molecule has 4 rings (SSSR count). The second kappa shape index (κ2) is 10.5. The monoisotopic (exact) mass is 550 g/mol. The molecule has 2 aromatic heterocycles. The number of nitrogens with one attached hydrogen (secondary N) is 2. The van der Waals surface area contributed by atoms with Crippen molar-refractivity contribution in [3.8, 4) is 5.75 Å². The maximum Gasteiger partial charge on any atom is 0.291 e. The average Bonchev–Trinajstić information content (AvgIpc) is 3.31. The zero-order chi connectivity index (χ0) is 27.6. The lowest BCUT2D eigenvalue weighted by molar-refractivity contribution is 0.0992. The molecular formula is C24H18F4N4O5S. The molecule has 4 aromatic rings. The summed E-state index contributed by atoms with van der Waals surface area (Å²) in [5, 5.41) is 2.49. The number of sulfonamides is 1. The molecule has 0 aliphatic rings. The topological polar surface area (TPSA) is 123 Å². The van der Waals surface area contributed by atoms with Crippen LogP contribution in [0.1, 0.15) is 27.7 Å². The predicted octanol–water partition coefficient (Wildman–Crippen LogP) is 4.87. The molecule has 198 valence electrons. The second-order valence-electron chi connectivity index (χ2n) is 7.91. The number of benzene rings is 2. The molecule has 2 heterocycles. The van der Waals surface area contributed by atoms with Crippen LogP contribution in [0.25, 0.3) is 0 Å². The van der Waals surface area contributed by atoms with Crippen LogP contribution in [0, 0.1) is 37.1 Å². The van der Waals surface area contributed by atoms with Crippen LogP contribution < -0.4 is 14.8 Å². The van der Waals surface area contributed by atoms with E-state index in [-0.39, 0.29) is 34.1 Å². The minimum Gasteiger partial charge on any atom is -0.479 e. The van der Waals surface area contributed by atoms with E-state index >= 15 is 0 Å². The summed E-state index contributed by atoms with van der Waals surface area (Å²) in [6.45, 7) is 2.77. The van der Waals surface area contributed by atoms with Gasteiger partial charge in [-0.15, -0.1) is 0 Å². The summed E-state index contributed by atoms with van der Waals surface area (Å²) in [4.78, 5) is 20.4. The molecule has 0 atom stereocenters. The third-order valence-corrected chi connectivity index (χ3v) is 6.29. The lowest BCUT2D eigenvalue weighted by atomic mass is 10.3. The molecule has 0 radical (unpaired) electrons. The van der Waals surface area contributed by atoms with Crippen LogP contribution in [0.15, 0.2) is 57.8 Å². The van der Waals surface area contributed by atoms with Gasteiger partial charge in [-0.2, -0.15) is 8.78 Å². The van der Waals surface area contributed by atoms with E-state index in [9.17, 15) is 30.8 Å². The molecule has 0 aliphatic carbocycles. The lowest BCUT2D eigenvalue weighted by Gasteiger charge is -2.09. The fraction of sp³-hybridized carbons (Fsp3) is 0.125. The zero-order valence-corrected chi connectivity index (χ0v) is 20.5. The maximum atomic E-state index is 13.7. The number of hydrogen-bond donors (Lipinski definition) is 2. The predicted molar refractivity (Wildman–Crippen MR) is 126 cm³/mol. The smallest absolute Gasteiger partial charge is 0.291 e. The van der Waals surface area contributed by atoms with Gasteiger partial charge in [0.05, 0.1) is 4.90 Å². The number of aryl methyl sites for hydroxylation is 2. The normalized spacial score (nSPS) is 11.3. The lowest BCUT2D eigenvalue weighted by Crippen LogP contribution is -2.16. The van der Waals surface area contributed by atoms with E-state index in [1.54, 1.807) is 19.9 Å². The van der Waals surface area contributed by atoms with Crippen molar-refractivity contribution in [1.29, 1.82) is 0 Å². The van der Waals surface area contributed by atoms with Gasteiger partial charge in [-0.3, -0.25) is 4.79 Å². The maximum absolute atomic E-state index is 13.7. The molecule has 0 aliphatic heterocycles. The summed E-state index contributed by atoms with van der Waals surface area (Å²) < 4.78 is 91.6. The van der Waals surface area contributed by atoms with Gasteiger partial charge in [0, 0.05) is 23.1 Å². The SMILES string of the molecule is Cc1cc(C)nc(NS(=O)(=O)c2ccc(NC(=O)c3ccc(COc4c(F)c(F)cc(F)c4F)o3)cc2)n1. The molecular weight excluding hydrogens is 532 g/mol. The van der Waals surface area contributed by atoms with Crippen molar-refractivity contribution in [2.45, 2.75) is 25.3 Å². The van der Waals surface area contributed by atoms with Crippen LogP contribution >= 0.6 is 0 Å². The summed E-state index contributed by atoms with van der Waals surface area (Å²) in [6, 6.07) is 9.42. The van der Waals surface area contributed by atoms with Gasteiger partial charge in [-0.25, -0.2) is 31.9 Å². The Morgan fingerprint density at radius 3 is 2.13 bits per heavy atom. The number of rotatable bonds is 8. The molecule has 1 amide bonds. The Balaban J connectivity index is 1.39. The molecule has 0 bridgehead atoms. The van der Waals surface area contributed by atoms with Crippen LogP contribution in [0.2, 0.25) is 0 Å². The van der Waals surface area contributed by atoms with Crippen molar-refractivity contribution in [3.05, 3.63) is 94.7 Å². The Morgan fingerprint density at radius 1 is 0.921 bits per heavy atom. The van der Waals surface area contributed by atoms with Gasteiger partial charge in [0.25, 0.3) is 15.9 Å². The number of hydrogen-bond acceptors (Lipinski definition) is 7. The van der Waals surface area contributed by atoms with Crippen LogP contribution in [0.4, 0.5) is 29.2 Å². The van der Waals surface area contributed by atoms with Gasteiger partial charge in [0.1, 0.15) is 12.4 Å². The minimum atomic E-state index is -4.00. The van der Waals surface area contributed by atoms with Gasteiger partial charge >= 0.3 is 0 Å². The van der Waals surface area contributed by atoms with Crippen molar-refractivity contribution >= 4 is 27.6 Å². The summed E-state index contributed by atoms with van der Waals surface area (Å²) in [6.07, 6.45) is 0. The third-order valence-electron chi connectivity index (χ3n) is 4.95. The highest BCUT2D eigenvalue weighted by molar-refractivity contribution is 7.92. The Morgan fingerprint density at radius 2 is 1.53 bits per heavy atom. The number of carbonyl (C=O) groups is 1. The van der Waals surface area contributed by atoms with Gasteiger partial charge in [-0.05, 0) is 56.3 Å². The third kappa shape index (κ3) is 5.91. The molecule has 2 aromatic carbocycles.